The largest absolute Gasteiger partial charge is 0.494 e. The molecule has 0 spiro atoms. The van der Waals surface area contributed by atoms with Crippen molar-refractivity contribution in [1.82, 2.24) is 14.8 Å². The van der Waals surface area contributed by atoms with E-state index in [1.807, 2.05) is 18.2 Å². The van der Waals surface area contributed by atoms with E-state index in [0.717, 1.165) is 11.3 Å². The molecule has 5 nitrogen and oxygen atoms in total. The van der Waals surface area contributed by atoms with Crippen molar-refractivity contribution in [3.8, 4) is 17.0 Å². The summed E-state index contributed by atoms with van der Waals surface area (Å²) in [6, 6.07) is 10.0. The van der Waals surface area contributed by atoms with Gasteiger partial charge in [-0.1, -0.05) is 6.07 Å². The highest BCUT2D eigenvalue weighted by Gasteiger charge is 2.14. The van der Waals surface area contributed by atoms with E-state index in [-0.39, 0.29) is 12.3 Å². The number of aliphatic hydroxyl groups is 1. The lowest BCUT2D eigenvalue weighted by Crippen LogP contribution is -2.11. The van der Waals surface area contributed by atoms with Gasteiger partial charge in [0, 0.05) is 24.2 Å². The molecule has 0 aliphatic carbocycles. The van der Waals surface area contributed by atoms with Crippen LogP contribution in [0.15, 0.2) is 55.0 Å². The van der Waals surface area contributed by atoms with Gasteiger partial charge in [0.2, 0.25) is 0 Å². The van der Waals surface area contributed by atoms with Crippen LogP contribution in [0.25, 0.3) is 11.3 Å². The first-order chi connectivity index (χ1) is 11.2. The Hall–Kier alpha value is -2.73. The smallest absolute Gasteiger partial charge is 0.165 e. The number of hydrogen-bond acceptors (Lipinski definition) is 4. The van der Waals surface area contributed by atoms with Crippen LogP contribution in [0.5, 0.6) is 5.75 Å². The maximum absolute atomic E-state index is 13.8. The highest BCUT2D eigenvalue weighted by atomic mass is 19.1. The van der Waals surface area contributed by atoms with E-state index < -0.39 is 11.9 Å². The van der Waals surface area contributed by atoms with Crippen molar-refractivity contribution in [3.05, 3.63) is 66.4 Å². The number of benzene rings is 1. The lowest BCUT2D eigenvalue weighted by molar-refractivity contribution is 0.151. The van der Waals surface area contributed by atoms with Crippen molar-refractivity contribution in [2.24, 2.45) is 0 Å². The molecule has 1 N–H and O–H groups in total. The van der Waals surface area contributed by atoms with Crippen LogP contribution >= 0.6 is 0 Å². The summed E-state index contributed by atoms with van der Waals surface area (Å²) in [5.74, 6) is -0.351. The van der Waals surface area contributed by atoms with Crippen molar-refractivity contribution in [1.29, 1.82) is 0 Å². The van der Waals surface area contributed by atoms with Crippen LogP contribution < -0.4 is 4.74 Å². The fourth-order valence-electron chi connectivity index (χ4n) is 2.41. The molecule has 0 aliphatic heterocycles. The molecule has 0 saturated heterocycles. The molecule has 0 unspecified atom stereocenters. The van der Waals surface area contributed by atoms with Crippen LogP contribution in [0.2, 0.25) is 0 Å². The monoisotopic (exact) mass is 313 g/mol. The standard InChI is InChI=1S/C17H16FN3O2/c1-23-17-3-2-13(10-14(17)18)16(22)11-21-15(6-9-20-21)12-4-7-19-8-5-12/h2-10,16,22H,11H2,1H3/t16-/m1/s1. The average molecular weight is 313 g/mol. The highest BCUT2D eigenvalue weighted by Crippen LogP contribution is 2.25. The summed E-state index contributed by atoms with van der Waals surface area (Å²) in [4.78, 5) is 3.99. The van der Waals surface area contributed by atoms with Gasteiger partial charge in [-0.2, -0.15) is 5.10 Å². The van der Waals surface area contributed by atoms with Crippen LogP contribution in [0, 0.1) is 5.82 Å². The van der Waals surface area contributed by atoms with Crippen molar-refractivity contribution in [2.45, 2.75) is 12.6 Å². The molecule has 2 heterocycles. The van der Waals surface area contributed by atoms with Gasteiger partial charge in [-0.3, -0.25) is 9.67 Å². The molecule has 0 fully saturated rings. The fraction of sp³-hybridized carbons (Fsp3) is 0.176. The zero-order valence-electron chi connectivity index (χ0n) is 12.6. The van der Waals surface area contributed by atoms with Crippen LogP contribution in [0.1, 0.15) is 11.7 Å². The third-order valence-electron chi connectivity index (χ3n) is 3.60. The first kappa shape index (κ1) is 15.2. The summed E-state index contributed by atoms with van der Waals surface area (Å²) in [5, 5.41) is 14.6. The van der Waals surface area contributed by atoms with Gasteiger partial charge in [-0.05, 0) is 35.9 Å². The number of rotatable bonds is 5. The van der Waals surface area contributed by atoms with Gasteiger partial charge in [0.05, 0.1) is 25.5 Å². The van der Waals surface area contributed by atoms with E-state index in [2.05, 4.69) is 10.1 Å². The van der Waals surface area contributed by atoms with Gasteiger partial charge in [-0.15, -0.1) is 0 Å². The number of ether oxygens (including phenoxy) is 1. The molecule has 0 radical (unpaired) electrons. The average Bonchev–Trinajstić information content (AvgIpc) is 3.03. The van der Waals surface area contributed by atoms with Gasteiger partial charge in [0.25, 0.3) is 0 Å². The Kier molecular flexibility index (Phi) is 4.34. The Morgan fingerprint density at radius 2 is 1.96 bits per heavy atom. The second kappa shape index (κ2) is 6.58. The number of pyridine rings is 1. The molecule has 0 aliphatic rings. The number of nitrogens with zero attached hydrogens (tertiary/aromatic N) is 3. The molecule has 3 aromatic rings. The molecule has 0 bridgehead atoms. The molecule has 118 valence electrons. The maximum atomic E-state index is 13.8. The van der Waals surface area contributed by atoms with Gasteiger partial charge in [0.1, 0.15) is 0 Å². The topological polar surface area (TPSA) is 60.2 Å². The van der Waals surface area contributed by atoms with E-state index in [0.29, 0.717) is 5.56 Å². The Balaban J connectivity index is 1.83. The Labute approximate surface area is 133 Å². The van der Waals surface area contributed by atoms with Crippen molar-refractivity contribution >= 4 is 0 Å². The number of hydrogen-bond donors (Lipinski definition) is 1. The number of methoxy groups -OCH3 is 1. The van der Waals surface area contributed by atoms with Gasteiger partial charge in [0.15, 0.2) is 11.6 Å². The molecule has 1 aromatic carbocycles. The van der Waals surface area contributed by atoms with E-state index in [9.17, 15) is 9.50 Å². The van der Waals surface area contributed by atoms with Gasteiger partial charge < -0.3 is 9.84 Å². The molecule has 2 aromatic heterocycles. The Bertz CT molecular complexity index is 790. The summed E-state index contributed by atoms with van der Waals surface area (Å²) in [6.07, 6.45) is 4.18. The maximum Gasteiger partial charge on any atom is 0.165 e. The van der Waals surface area contributed by atoms with Gasteiger partial charge in [-0.25, -0.2) is 4.39 Å². The lowest BCUT2D eigenvalue weighted by Gasteiger charge is -2.14. The van der Waals surface area contributed by atoms with E-state index in [1.54, 1.807) is 29.3 Å². The lowest BCUT2D eigenvalue weighted by atomic mass is 10.1. The van der Waals surface area contributed by atoms with Crippen molar-refractivity contribution in [3.63, 3.8) is 0 Å². The first-order valence-corrected chi connectivity index (χ1v) is 7.12. The third-order valence-corrected chi connectivity index (χ3v) is 3.60. The van der Waals surface area contributed by atoms with Crippen LogP contribution in [-0.2, 0) is 6.54 Å². The molecular weight excluding hydrogens is 297 g/mol. The second-order valence-corrected chi connectivity index (χ2v) is 5.04. The summed E-state index contributed by atoms with van der Waals surface area (Å²) >= 11 is 0. The summed E-state index contributed by atoms with van der Waals surface area (Å²) in [5.41, 5.74) is 2.28. The SMILES string of the molecule is COc1ccc([C@H](O)Cn2nccc2-c2ccncc2)cc1F. The highest BCUT2D eigenvalue weighted by molar-refractivity contribution is 5.58. The van der Waals surface area contributed by atoms with Crippen molar-refractivity contribution in [2.75, 3.05) is 7.11 Å². The zero-order chi connectivity index (χ0) is 16.2. The van der Waals surface area contributed by atoms with Gasteiger partial charge >= 0.3 is 0 Å². The minimum Gasteiger partial charge on any atom is -0.494 e. The Morgan fingerprint density at radius 3 is 2.65 bits per heavy atom. The molecular formula is C17H16FN3O2. The predicted octanol–water partition coefficient (Wildman–Crippen LogP) is 2.83. The normalized spacial score (nSPS) is 12.1. The summed E-state index contributed by atoms with van der Waals surface area (Å²) in [7, 11) is 1.40. The quantitative estimate of drug-likeness (QED) is 0.787. The molecule has 3 rings (SSSR count). The molecule has 0 saturated carbocycles. The molecule has 23 heavy (non-hydrogen) atoms. The van der Waals surface area contributed by atoms with Crippen LogP contribution in [-0.4, -0.2) is 27.0 Å². The molecule has 1 atom stereocenters. The van der Waals surface area contributed by atoms with E-state index in [1.165, 1.54) is 19.2 Å². The fourth-order valence-corrected chi connectivity index (χ4v) is 2.41. The number of halogens is 1. The zero-order valence-corrected chi connectivity index (χ0v) is 12.6. The second-order valence-electron chi connectivity index (χ2n) is 5.04. The molecule has 0 amide bonds. The summed E-state index contributed by atoms with van der Waals surface area (Å²) in [6.45, 7) is 0.219. The van der Waals surface area contributed by atoms with E-state index >= 15 is 0 Å². The van der Waals surface area contributed by atoms with Crippen molar-refractivity contribution < 1.29 is 14.2 Å². The summed E-state index contributed by atoms with van der Waals surface area (Å²) < 4.78 is 20.3. The predicted molar refractivity (Wildman–Crippen MR) is 83.4 cm³/mol. The molecule has 6 heteroatoms. The Morgan fingerprint density at radius 1 is 1.17 bits per heavy atom. The minimum atomic E-state index is -0.879. The van der Waals surface area contributed by atoms with Crippen LogP contribution in [0.3, 0.4) is 0 Å². The first-order valence-electron chi connectivity index (χ1n) is 7.12. The number of aliphatic hydroxyl groups excluding tert-OH is 1. The van der Waals surface area contributed by atoms with E-state index in [4.69, 9.17) is 4.74 Å². The minimum absolute atomic E-state index is 0.150. The number of aromatic nitrogens is 3. The van der Waals surface area contributed by atoms with Crippen LogP contribution in [0.4, 0.5) is 4.39 Å². The third kappa shape index (κ3) is 3.22.